The average Bonchev–Trinajstić information content (AvgIpc) is 2.70. The number of aliphatic hydroxyl groups excluding tert-OH is 1. The van der Waals surface area contributed by atoms with Crippen LogP contribution in [0.2, 0.25) is 0 Å². The molecule has 0 aliphatic carbocycles. The standard InChI is InChI=1S/C13H17NO4S2/c1-4-6-18-12(17)9-13(19-5-2)20-11-8(7(3)15)10(16)14(9)11/h4,7-8,11,15H,1,5-6H2,2-3H3/t7?,8-,11-/m1/s1. The molecule has 20 heavy (non-hydrogen) atoms. The number of carbonyl (C=O) groups is 2. The van der Waals surface area contributed by atoms with Gasteiger partial charge in [0, 0.05) is 0 Å². The molecule has 0 radical (unpaired) electrons. The number of ether oxygens (including phenoxy) is 1. The number of nitrogens with zero attached hydrogens (tertiary/aromatic N) is 1. The predicted molar refractivity (Wildman–Crippen MR) is 79.7 cm³/mol. The van der Waals surface area contributed by atoms with Crippen molar-refractivity contribution in [2.75, 3.05) is 12.4 Å². The lowest BCUT2D eigenvalue weighted by Gasteiger charge is -2.43. The smallest absolute Gasteiger partial charge is 0.357 e. The lowest BCUT2D eigenvalue weighted by Crippen LogP contribution is -2.60. The van der Waals surface area contributed by atoms with Crippen LogP contribution >= 0.6 is 23.5 Å². The third-order valence-electron chi connectivity index (χ3n) is 3.07. The number of fused-ring (bicyclic) bond motifs is 1. The Hall–Kier alpha value is -0.920. The third-order valence-corrected chi connectivity index (χ3v) is 5.61. The van der Waals surface area contributed by atoms with Gasteiger partial charge in [0.1, 0.15) is 12.0 Å². The fourth-order valence-corrected chi connectivity index (χ4v) is 5.00. The molecular formula is C13H17NO4S2. The van der Waals surface area contributed by atoms with Gasteiger partial charge in [0.2, 0.25) is 5.91 Å². The fourth-order valence-electron chi connectivity index (χ4n) is 2.18. The Bertz CT molecular complexity index is 475. The summed E-state index contributed by atoms with van der Waals surface area (Å²) in [6, 6.07) is 0. The van der Waals surface area contributed by atoms with Gasteiger partial charge in [0.25, 0.3) is 0 Å². The molecule has 0 aromatic heterocycles. The normalized spacial score (nSPS) is 26.1. The second kappa shape index (κ2) is 6.24. The number of carbonyl (C=O) groups excluding carboxylic acids is 2. The number of aliphatic hydroxyl groups is 1. The van der Waals surface area contributed by atoms with Gasteiger partial charge < -0.3 is 9.84 Å². The van der Waals surface area contributed by atoms with Crippen LogP contribution in [0.25, 0.3) is 0 Å². The van der Waals surface area contributed by atoms with E-state index in [0.717, 1.165) is 9.99 Å². The molecule has 110 valence electrons. The van der Waals surface area contributed by atoms with Crippen LogP contribution in [0, 0.1) is 5.92 Å². The first kappa shape index (κ1) is 15.5. The number of amides is 1. The minimum atomic E-state index is -0.715. The Balaban J connectivity index is 2.21. The van der Waals surface area contributed by atoms with Crippen molar-refractivity contribution in [3.8, 4) is 0 Å². The van der Waals surface area contributed by atoms with Crippen molar-refractivity contribution in [1.82, 2.24) is 4.90 Å². The quantitative estimate of drug-likeness (QED) is 0.456. The maximum atomic E-state index is 12.1. The third kappa shape index (κ3) is 2.49. The first-order chi connectivity index (χ1) is 9.52. The van der Waals surface area contributed by atoms with Crippen LogP contribution in [0.15, 0.2) is 22.6 Å². The Morgan fingerprint density at radius 1 is 1.70 bits per heavy atom. The van der Waals surface area contributed by atoms with Crippen molar-refractivity contribution in [3.05, 3.63) is 22.6 Å². The van der Waals surface area contributed by atoms with Gasteiger partial charge in [-0.1, -0.05) is 31.3 Å². The van der Waals surface area contributed by atoms with E-state index in [1.54, 1.807) is 6.92 Å². The number of hydrogen-bond donors (Lipinski definition) is 1. The minimum absolute atomic E-state index is 0.115. The monoisotopic (exact) mass is 315 g/mol. The first-order valence-corrected chi connectivity index (χ1v) is 8.22. The van der Waals surface area contributed by atoms with Crippen molar-refractivity contribution in [2.45, 2.75) is 25.3 Å². The molecule has 1 amide bonds. The maximum Gasteiger partial charge on any atom is 0.357 e. The van der Waals surface area contributed by atoms with Crippen LogP contribution in [0.1, 0.15) is 13.8 Å². The van der Waals surface area contributed by atoms with E-state index >= 15 is 0 Å². The molecule has 3 atom stereocenters. The molecule has 1 saturated heterocycles. The zero-order valence-electron chi connectivity index (χ0n) is 11.4. The maximum absolute atomic E-state index is 12.1. The zero-order chi connectivity index (χ0) is 14.9. The van der Waals surface area contributed by atoms with Gasteiger partial charge in [-0.05, 0) is 12.7 Å². The highest BCUT2D eigenvalue weighted by atomic mass is 32.2. The van der Waals surface area contributed by atoms with Gasteiger partial charge in [-0.3, -0.25) is 9.69 Å². The Morgan fingerprint density at radius 3 is 2.95 bits per heavy atom. The highest BCUT2D eigenvalue weighted by molar-refractivity contribution is 8.22. The molecule has 0 spiro atoms. The van der Waals surface area contributed by atoms with Crippen molar-refractivity contribution >= 4 is 35.4 Å². The molecule has 0 bridgehead atoms. The second-order valence-electron chi connectivity index (χ2n) is 4.44. The van der Waals surface area contributed by atoms with E-state index in [1.165, 1.54) is 34.5 Å². The largest absolute Gasteiger partial charge is 0.457 e. The van der Waals surface area contributed by atoms with Gasteiger partial charge in [-0.15, -0.1) is 11.8 Å². The van der Waals surface area contributed by atoms with E-state index in [0.29, 0.717) is 5.70 Å². The summed E-state index contributed by atoms with van der Waals surface area (Å²) in [5, 5.41) is 9.46. The zero-order valence-corrected chi connectivity index (χ0v) is 13.0. The van der Waals surface area contributed by atoms with Gasteiger partial charge in [-0.25, -0.2) is 4.79 Å². The molecule has 7 heteroatoms. The number of β-lactam (4-membered cyclic amide) rings is 1. The van der Waals surface area contributed by atoms with E-state index in [4.69, 9.17) is 4.74 Å². The topological polar surface area (TPSA) is 66.8 Å². The lowest BCUT2D eigenvalue weighted by molar-refractivity contribution is -0.157. The lowest BCUT2D eigenvalue weighted by atomic mass is 9.92. The predicted octanol–water partition coefficient (Wildman–Crippen LogP) is 1.55. The highest BCUT2D eigenvalue weighted by Crippen LogP contribution is 2.53. The summed E-state index contributed by atoms with van der Waals surface area (Å²) in [4.78, 5) is 25.6. The number of esters is 1. The number of rotatable bonds is 6. The minimum Gasteiger partial charge on any atom is -0.457 e. The van der Waals surface area contributed by atoms with E-state index < -0.39 is 18.0 Å². The molecular weight excluding hydrogens is 298 g/mol. The molecule has 1 N–H and O–H groups in total. The van der Waals surface area contributed by atoms with Crippen LogP contribution < -0.4 is 0 Å². The van der Waals surface area contributed by atoms with Crippen LogP contribution in [0.3, 0.4) is 0 Å². The summed E-state index contributed by atoms with van der Waals surface area (Å²) in [5.74, 6) is -0.366. The molecule has 0 saturated carbocycles. The average molecular weight is 315 g/mol. The second-order valence-corrected chi connectivity index (χ2v) is 7.10. The van der Waals surface area contributed by atoms with Crippen molar-refractivity contribution in [2.24, 2.45) is 5.92 Å². The number of thioether (sulfide) groups is 2. The summed E-state index contributed by atoms with van der Waals surface area (Å²) in [5.41, 5.74) is 0.315. The molecule has 5 nitrogen and oxygen atoms in total. The van der Waals surface area contributed by atoms with Crippen LogP contribution in [-0.4, -0.2) is 45.7 Å². The van der Waals surface area contributed by atoms with Gasteiger partial charge in [0.05, 0.1) is 16.3 Å². The van der Waals surface area contributed by atoms with E-state index in [1.807, 2.05) is 6.92 Å². The summed E-state index contributed by atoms with van der Waals surface area (Å²) in [6.45, 7) is 7.19. The molecule has 2 aliphatic rings. The molecule has 0 aromatic rings. The first-order valence-electron chi connectivity index (χ1n) is 6.35. The van der Waals surface area contributed by atoms with Gasteiger partial charge >= 0.3 is 5.97 Å². The molecule has 1 unspecified atom stereocenters. The van der Waals surface area contributed by atoms with Crippen molar-refractivity contribution in [3.63, 3.8) is 0 Å². The van der Waals surface area contributed by atoms with Crippen molar-refractivity contribution < 1.29 is 19.4 Å². The molecule has 2 heterocycles. The molecule has 2 rings (SSSR count). The van der Waals surface area contributed by atoms with E-state index in [9.17, 15) is 14.7 Å². The van der Waals surface area contributed by atoms with Crippen molar-refractivity contribution in [1.29, 1.82) is 0 Å². The Morgan fingerprint density at radius 2 is 2.40 bits per heavy atom. The van der Waals surface area contributed by atoms with Gasteiger partial charge in [-0.2, -0.15) is 0 Å². The summed E-state index contributed by atoms with van der Waals surface area (Å²) in [7, 11) is 0. The van der Waals surface area contributed by atoms with Crippen LogP contribution in [0.5, 0.6) is 0 Å². The number of hydrogen-bond acceptors (Lipinski definition) is 6. The van der Waals surface area contributed by atoms with E-state index in [-0.39, 0.29) is 17.9 Å². The van der Waals surface area contributed by atoms with Gasteiger partial charge in [0.15, 0.2) is 5.70 Å². The molecule has 1 fully saturated rings. The Labute approximate surface area is 126 Å². The van der Waals surface area contributed by atoms with E-state index in [2.05, 4.69) is 6.58 Å². The fraction of sp³-hybridized carbons (Fsp3) is 0.538. The van der Waals surface area contributed by atoms with Crippen LogP contribution in [-0.2, 0) is 14.3 Å². The summed E-state index contributed by atoms with van der Waals surface area (Å²) in [6.07, 6.45) is 0.772. The summed E-state index contributed by atoms with van der Waals surface area (Å²) >= 11 is 2.97. The molecule has 2 aliphatic heterocycles. The highest BCUT2D eigenvalue weighted by Gasteiger charge is 2.57. The SMILES string of the molecule is C=CCOC(=O)C1=C(SCC)S[C@@H]2[C@H](C(C)O)C(=O)N12. The summed E-state index contributed by atoms with van der Waals surface area (Å²) < 4.78 is 5.84. The Kier molecular flexibility index (Phi) is 4.82. The molecule has 0 aromatic carbocycles. The van der Waals surface area contributed by atoms with Crippen LogP contribution in [0.4, 0.5) is 0 Å².